The maximum Gasteiger partial charge on any atom is 0.257 e. The fraction of sp³-hybridized carbons (Fsp3) is 0.290. The van der Waals surface area contributed by atoms with E-state index in [9.17, 15) is 9.90 Å². The average Bonchev–Trinajstić information content (AvgIpc) is 3.75. The molecule has 8 rings (SSSR count). The number of benzene rings is 3. The molecule has 3 aromatic carbocycles. The predicted octanol–water partition coefficient (Wildman–Crippen LogP) is 3.60. The average molecular weight is 539 g/mol. The summed E-state index contributed by atoms with van der Waals surface area (Å²) in [6, 6.07) is 18.8. The maximum absolute atomic E-state index is 14.3. The molecule has 3 aliphatic heterocycles. The van der Waals surface area contributed by atoms with Gasteiger partial charge in [0.1, 0.15) is 17.3 Å². The number of nitrogens with zero attached hydrogens (tertiary/aromatic N) is 2. The Bertz CT molecular complexity index is 1750. The van der Waals surface area contributed by atoms with E-state index in [2.05, 4.69) is 0 Å². The van der Waals surface area contributed by atoms with Crippen LogP contribution in [0.5, 0.6) is 28.7 Å². The molecule has 202 valence electrons. The molecule has 1 aromatic heterocycles. The van der Waals surface area contributed by atoms with Gasteiger partial charge in [0.15, 0.2) is 22.7 Å². The smallest absolute Gasteiger partial charge is 0.257 e. The number of aliphatic hydroxyl groups is 1. The van der Waals surface area contributed by atoms with E-state index < -0.39 is 17.1 Å². The molecule has 0 unspecified atom stereocenters. The van der Waals surface area contributed by atoms with Crippen LogP contribution < -0.4 is 29.2 Å². The van der Waals surface area contributed by atoms with Gasteiger partial charge in [0.2, 0.25) is 12.5 Å². The van der Waals surface area contributed by atoms with Crippen LogP contribution in [0.15, 0.2) is 65.5 Å². The molecule has 0 fully saturated rings. The van der Waals surface area contributed by atoms with Crippen molar-refractivity contribution in [2.75, 3.05) is 21.0 Å². The maximum atomic E-state index is 14.3. The Morgan fingerprint density at radius 1 is 1.02 bits per heavy atom. The monoisotopic (exact) mass is 538 g/mol. The van der Waals surface area contributed by atoms with Crippen LogP contribution in [0.4, 0.5) is 0 Å². The van der Waals surface area contributed by atoms with Crippen molar-refractivity contribution < 1.29 is 28.8 Å². The summed E-state index contributed by atoms with van der Waals surface area (Å²) in [5.74, 6) is 2.13. The lowest BCUT2D eigenvalue weighted by molar-refractivity contribution is -0.0911. The molecule has 4 aliphatic rings. The molecule has 40 heavy (non-hydrogen) atoms. The van der Waals surface area contributed by atoms with E-state index in [0.717, 1.165) is 12.0 Å². The van der Waals surface area contributed by atoms with Crippen LogP contribution in [-0.4, -0.2) is 35.7 Å². The largest absolute Gasteiger partial charge is 0.497 e. The van der Waals surface area contributed by atoms with Gasteiger partial charge >= 0.3 is 0 Å². The summed E-state index contributed by atoms with van der Waals surface area (Å²) in [4.78, 5) is 19.3. The van der Waals surface area contributed by atoms with Gasteiger partial charge in [0.25, 0.3) is 5.56 Å². The highest BCUT2D eigenvalue weighted by molar-refractivity contribution is 5.73. The molecule has 1 N–H and O–H groups in total. The molecule has 0 radical (unpaired) electrons. The zero-order valence-electron chi connectivity index (χ0n) is 22.0. The van der Waals surface area contributed by atoms with Crippen molar-refractivity contribution in [1.82, 2.24) is 9.55 Å². The van der Waals surface area contributed by atoms with E-state index in [0.29, 0.717) is 64.2 Å². The molecule has 3 atom stereocenters. The van der Waals surface area contributed by atoms with E-state index in [1.165, 1.54) is 7.11 Å². The van der Waals surface area contributed by atoms with Crippen molar-refractivity contribution in [3.05, 3.63) is 105 Å². The van der Waals surface area contributed by atoms with Crippen LogP contribution in [0.3, 0.4) is 0 Å². The summed E-state index contributed by atoms with van der Waals surface area (Å²) in [7, 11) is 3.12. The third-order valence-corrected chi connectivity index (χ3v) is 8.71. The number of fused-ring (bicyclic) bond motifs is 7. The lowest BCUT2D eigenvalue weighted by atomic mass is 9.70. The Balaban J connectivity index is 1.54. The summed E-state index contributed by atoms with van der Waals surface area (Å²) in [6.45, 7) is 0.607. The Kier molecular flexibility index (Phi) is 4.69. The Labute approximate surface area is 229 Å². The van der Waals surface area contributed by atoms with Gasteiger partial charge < -0.3 is 28.8 Å². The number of hydrogen-bond donors (Lipinski definition) is 1. The Morgan fingerprint density at radius 3 is 2.58 bits per heavy atom. The van der Waals surface area contributed by atoms with Gasteiger partial charge in [-0.05, 0) is 24.1 Å². The molecule has 0 saturated carbocycles. The molecule has 9 nitrogen and oxygen atoms in total. The first-order chi connectivity index (χ1) is 19.5. The first-order valence-electron chi connectivity index (χ1n) is 13.3. The van der Waals surface area contributed by atoms with E-state index in [1.54, 1.807) is 17.7 Å². The number of rotatable bonds is 4. The van der Waals surface area contributed by atoms with Crippen molar-refractivity contribution in [2.45, 2.75) is 36.5 Å². The highest BCUT2D eigenvalue weighted by Gasteiger charge is 2.74. The van der Waals surface area contributed by atoms with Gasteiger partial charge in [-0.3, -0.25) is 9.36 Å². The Hall–Kier alpha value is -4.50. The second-order valence-electron chi connectivity index (χ2n) is 10.5. The molecule has 0 bridgehead atoms. The second-order valence-corrected chi connectivity index (χ2v) is 10.5. The van der Waals surface area contributed by atoms with Gasteiger partial charge in [0.05, 0.1) is 37.0 Å². The number of ether oxygens (including phenoxy) is 5. The van der Waals surface area contributed by atoms with Crippen LogP contribution >= 0.6 is 0 Å². The first-order valence-corrected chi connectivity index (χ1v) is 13.3. The van der Waals surface area contributed by atoms with Crippen LogP contribution in [0.25, 0.3) is 0 Å². The van der Waals surface area contributed by atoms with Crippen molar-refractivity contribution >= 4 is 0 Å². The molecular weight excluding hydrogens is 512 g/mol. The van der Waals surface area contributed by atoms with Gasteiger partial charge in [-0.2, -0.15) is 0 Å². The van der Waals surface area contributed by atoms with Crippen molar-refractivity contribution in [1.29, 1.82) is 0 Å². The molecule has 0 spiro atoms. The summed E-state index contributed by atoms with van der Waals surface area (Å²) in [5, 5.41) is 13.4. The van der Waals surface area contributed by atoms with E-state index in [1.807, 2.05) is 54.6 Å². The fourth-order valence-corrected chi connectivity index (χ4v) is 7.09. The molecule has 9 heteroatoms. The predicted molar refractivity (Wildman–Crippen MR) is 143 cm³/mol. The number of aryl methyl sites for hydroxylation is 1. The van der Waals surface area contributed by atoms with Gasteiger partial charge in [-0.25, -0.2) is 4.98 Å². The normalized spacial score (nSPS) is 24.6. The second kappa shape index (κ2) is 8.02. The Morgan fingerprint density at radius 2 is 1.82 bits per heavy atom. The lowest BCUT2D eigenvalue weighted by Crippen LogP contribution is -2.49. The number of methoxy groups -OCH3 is 2. The molecule has 0 amide bonds. The quantitative estimate of drug-likeness (QED) is 0.421. The minimum absolute atomic E-state index is 0.0208. The van der Waals surface area contributed by atoms with Crippen LogP contribution in [0.2, 0.25) is 0 Å². The van der Waals surface area contributed by atoms with Crippen LogP contribution in [-0.2, 0) is 24.2 Å². The minimum Gasteiger partial charge on any atom is -0.497 e. The van der Waals surface area contributed by atoms with Gasteiger partial charge in [0, 0.05) is 24.6 Å². The summed E-state index contributed by atoms with van der Waals surface area (Å²) in [5.41, 5.74) is -1.03. The zero-order chi connectivity index (χ0) is 27.2. The first kappa shape index (κ1) is 23.4. The highest BCUT2D eigenvalue weighted by Crippen LogP contribution is 2.71. The molecule has 4 heterocycles. The van der Waals surface area contributed by atoms with Crippen LogP contribution in [0.1, 0.15) is 46.1 Å². The molecule has 4 aromatic rings. The third kappa shape index (κ3) is 2.65. The summed E-state index contributed by atoms with van der Waals surface area (Å²) in [6.07, 6.45) is 1.47. The van der Waals surface area contributed by atoms with Crippen molar-refractivity contribution in [3.8, 4) is 28.7 Å². The van der Waals surface area contributed by atoms with Crippen LogP contribution in [0, 0.1) is 0 Å². The topological polar surface area (TPSA) is 101 Å². The zero-order valence-corrected chi connectivity index (χ0v) is 22.0. The van der Waals surface area contributed by atoms with Gasteiger partial charge in [-0.1, -0.05) is 42.5 Å². The fourth-order valence-electron chi connectivity index (χ4n) is 7.09. The number of hydrogen-bond acceptors (Lipinski definition) is 8. The highest BCUT2D eigenvalue weighted by atomic mass is 16.7. The standard InChI is InChI=1S/C31H26N2O7/c1-36-19-12-10-18(11-13-19)31-24(17-7-4-3-5-8-17)23-28(32-22-9-6-14-33(22)29(23)34)30(31,35)25-20(40-31)15-21-26(27(25)37-2)39-16-38-21/h3-5,7-8,10-13,15,24,35H,6,9,14,16H2,1-2H3/t24-,30+,31+/m1/s1. The van der Waals surface area contributed by atoms with Crippen molar-refractivity contribution in [2.24, 2.45) is 0 Å². The van der Waals surface area contributed by atoms with E-state index >= 15 is 0 Å². The number of aromatic nitrogens is 2. The lowest BCUT2D eigenvalue weighted by Gasteiger charge is -2.40. The third-order valence-electron chi connectivity index (χ3n) is 8.71. The van der Waals surface area contributed by atoms with Crippen molar-refractivity contribution in [3.63, 3.8) is 0 Å². The molecular formula is C31H26N2O7. The van der Waals surface area contributed by atoms with E-state index in [4.69, 9.17) is 28.7 Å². The minimum atomic E-state index is -1.91. The summed E-state index contributed by atoms with van der Waals surface area (Å²) < 4.78 is 31.6. The summed E-state index contributed by atoms with van der Waals surface area (Å²) >= 11 is 0. The van der Waals surface area contributed by atoms with Gasteiger partial charge in [-0.15, -0.1) is 0 Å². The molecule has 0 saturated heterocycles. The van der Waals surface area contributed by atoms with E-state index in [-0.39, 0.29) is 18.0 Å². The molecule has 1 aliphatic carbocycles. The SMILES string of the molecule is COc1ccc([C@@]23Oc4cc5c(c(OC)c4[C@]2(O)c2nc4n(c(=O)c2[C@H]3c2ccccc2)CCC4)OCO5)cc1.